The van der Waals surface area contributed by atoms with Crippen molar-refractivity contribution < 1.29 is 18.0 Å². The summed E-state index contributed by atoms with van der Waals surface area (Å²) in [4.78, 5) is 20.3. The maximum Gasteiger partial charge on any atom is 0.274 e. The number of anilines is 2. The number of amides is 1. The Labute approximate surface area is 136 Å². The Morgan fingerprint density at radius 1 is 1.08 bits per heavy atom. The highest BCUT2D eigenvalue weighted by Crippen LogP contribution is 2.22. The van der Waals surface area contributed by atoms with Crippen LogP contribution in [0.1, 0.15) is 36.2 Å². The van der Waals surface area contributed by atoms with Crippen LogP contribution in [0.2, 0.25) is 0 Å². The lowest BCUT2D eigenvalue weighted by atomic mass is 10.2. The Hall–Kier alpha value is -2.64. The van der Waals surface area contributed by atoms with Gasteiger partial charge in [0.25, 0.3) is 5.91 Å². The highest BCUT2D eigenvalue weighted by molar-refractivity contribution is 6.03. The van der Waals surface area contributed by atoms with Gasteiger partial charge in [-0.25, -0.2) is 23.1 Å². The lowest BCUT2D eigenvalue weighted by molar-refractivity contribution is 0.102. The van der Waals surface area contributed by atoms with Crippen LogP contribution in [0.15, 0.2) is 24.4 Å². The first-order valence-electron chi connectivity index (χ1n) is 7.59. The van der Waals surface area contributed by atoms with E-state index in [1.165, 1.54) is 12.3 Å². The molecule has 0 saturated heterocycles. The molecule has 0 bridgehead atoms. The third-order valence-corrected chi connectivity index (χ3v) is 3.86. The fourth-order valence-corrected chi connectivity index (χ4v) is 2.62. The second-order valence-corrected chi connectivity index (χ2v) is 5.57. The third-order valence-electron chi connectivity index (χ3n) is 3.86. The van der Waals surface area contributed by atoms with Crippen LogP contribution >= 0.6 is 0 Å². The minimum Gasteiger partial charge on any atom is -0.351 e. The minimum absolute atomic E-state index is 0.00497. The van der Waals surface area contributed by atoms with E-state index in [2.05, 4.69) is 20.6 Å². The molecule has 1 aliphatic rings. The standard InChI is InChI=1S/C16H15F3N4O/c17-10-5-6-11(14(19)13(10)18)22-15(24)12-7-8-20-16(23-12)21-9-3-1-2-4-9/h5-9H,1-4H2,(H,22,24)(H,20,21,23). The smallest absolute Gasteiger partial charge is 0.274 e. The average molecular weight is 336 g/mol. The van der Waals surface area contributed by atoms with E-state index in [-0.39, 0.29) is 11.7 Å². The van der Waals surface area contributed by atoms with Crippen molar-refractivity contribution in [2.75, 3.05) is 10.6 Å². The van der Waals surface area contributed by atoms with Gasteiger partial charge < -0.3 is 10.6 Å². The van der Waals surface area contributed by atoms with Crippen molar-refractivity contribution in [1.29, 1.82) is 0 Å². The van der Waals surface area contributed by atoms with Crippen molar-refractivity contribution in [2.24, 2.45) is 0 Å². The molecule has 24 heavy (non-hydrogen) atoms. The molecule has 2 aromatic rings. The predicted octanol–water partition coefficient (Wildman–Crippen LogP) is 3.50. The number of hydrogen-bond donors (Lipinski definition) is 2. The molecule has 126 valence electrons. The molecule has 1 saturated carbocycles. The summed E-state index contributed by atoms with van der Waals surface area (Å²) >= 11 is 0. The number of hydrogen-bond acceptors (Lipinski definition) is 4. The summed E-state index contributed by atoms with van der Waals surface area (Å²) in [5.41, 5.74) is -0.461. The Morgan fingerprint density at radius 3 is 2.58 bits per heavy atom. The number of aromatic nitrogens is 2. The van der Waals surface area contributed by atoms with Crippen LogP contribution in [-0.2, 0) is 0 Å². The number of nitrogens with zero attached hydrogens (tertiary/aromatic N) is 2. The van der Waals surface area contributed by atoms with E-state index in [1.807, 2.05) is 0 Å². The molecular formula is C16H15F3N4O. The molecule has 0 atom stereocenters. The number of carbonyl (C=O) groups is 1. The summed E-state index contributed by atoms with van der Waals surface area (Å²) in [5.74, 6) is -4.85. The number of benzene rings is 1. The molecule has 1 heterocycles. The third kappa shape index (κ3) is 3.47. The number of halogens is 3. The van der Waals surface area contributed by atoms with Gasteiger partial charge >= 0.3 is 0 Å². The summed E-state index contributed by atoms with van der Waals surface area (Å²) in [6, 6.07) is 3.31. The quantitative estimate of drug-likeness (QED) is 0.839. The van der Waals surface area contributed by atoms with Crippen LogP contribution < -0.4 is 10.6 Å². The first-order valence-corrected chi connectivity index (χ1v) is 7.59. The molecule has 8 heteroatoms. The highest BCUT2D eigenvalue weighted by atomic mass is 19.2. The van der Waals surface area contributed by atoms with Crippen LogP contribution in [-0.4, -0.2) is 21.9 Å². The first-order chi connectivity index (χ1) is 11.5. The van der Waals surface area contributed by atoms with Gasteiger partial charge in [0.1, 0.15) is 5.69 Å². The van der Waals surface area contributed by atoms with E-state index in [9.17, 15) is 18.0 Å². The lowest BCUT2D eigenvalue weighted by Crippen LogP contribution is -2.20. The van der Waals surface area contributed by atoms with Gasteiger partial charge in [-0.15, -0.1) is 0 Å². The predicted molar refractivity (Wildman–Crippen MR) is 82.2 cm³/mol. The summed E-state index contributed by atoms with van der Waals surface area (Å²) in [6.45, 7) is 0. The molecule has 1 fully saturated rings. The number of nitrogens with one attached hydrogen (secondary N) is 2. The molecule has 1 aromatic heterocycles. The molecule has 0 unspecified atom stereocenters. The van der Waals surface area contributed by atoms with Crippen molar-refractivity contribution in [2.45, 2.75) is 31.7 Å². The maximum absolute atomic E-state index is 13.6. The van der Waals surface area contributed by atoms with Crippen LogP contribution in [0.5, 0.6) is 0 Å². The Bertz CT molecular complexity index is 763. The van der Waals surface area contributed by atoms with Crippen LogP contribution in [0.4, 0.5) is 24.8 Å². The molecule has 0 aliphatic heterocycles. The van der Waals surface area contributed by atoms with Crippen LogP contribution in [0.3, 0.4) is 0 Å². The maximum atomic E-state index is 13.6. The highest BCUT2D eigenvalue weighted by Gasteiger charge is 2.18. The van der Waals surface area contributed by atoms with Crippen molar-refractivity contribution in [3.63, 3.8) is 0 Å². The summed E-state index contributed by atoms with van der Waals surface area (Å²) < 4.78 is 39.7. The van der Waals surface area contributed by atoms with Crippen molar-refractivity contribution in [3.8, 4) is 0 Å². The molecule has 2 N–H and O–H groups in total. The van der Waals surface area contributed by atoms with E-state index in [0.717, 1.165) is 37.8 Å². The normalized spacial score (nSPS) is 14.6. The van der Waals surface area contributed by atoms with Gasteiger partial charge in [0.2, 0.25) is 5.95 Å². The van der Waals surface area contributed by atoms with Crippen molar-refractivity contribution >= 4 is 17.5 Å². The zero-order valence-corrected chi connectivity index (χ0v) is 12.7. The van der Waals surface area contributed by atoms with E-state index >= 15 is 0 Å². The molecule has 0 radical (unpaired) electrons. The van der Waals surface area contributed by atoms with E-state index < -0.39 is 29.0 Å². The zero-order valence-electron chi connectivity index (χ0n) is 12.7. The number of carbonyl (C=O) groups excluding carboxylic acids is 1. The minimum atomic E-state index is -1.64. The van der Waals surface area contributed by atoms with Gasteiger partial charge in [-0.3, -0.25) is 4.79 Å². The van der Waals surface area contributed by atoms with Crippen molar-refractivity contribution in [3.05, 3.63) is 47.5 Å². The topological polar surface area (TPSA) is 66.9 Å². The van der Waals surface area contributed by atoms with Crippen molar-refractivity contribution in [1.82, 2.24) is 9.97 Å². The molecule has 0 spiro atoms. The first kappa shape index (κ1) is 16.2. The fourth-order valence-electron chi connectivity index (χ4n) is 2.62. The molecule has 1 aliphatic carbocycles. The largest absolute Gasteiger partial charge is 0.351 e. The lowest BCUT2D eigenvalue weighted by Gasteiger charge is -2.12. The average Bonchev–Trinajstić information content (AvgIpc) is 3.08. The summed E-state index contributed by atoms with van der Waals surface area (Å²) in [6.07, 6.45) is 5.70. The van der Waals surface area contributed by atoms with Gasteiger partial charge in [-0.05, 0) is 31.0 Å². The molecule has 5 nitrogen and oxygen atoms in total. The van der Waals surface area contributed by atoms with Gasteiger partial charge in [0, 0.05) is 12.2 Å². The van der Waals surface area contributed by atoms with Crippen LogP contribution in [0, 0.1) is 17.5 Å². The fraction of sp³-hybridized carbons (Fsp3) is 0.312. The van der Waals surface area contributed by atoms with Gasteiger partial charge in [-0.2, -0.15) is 0 Å². The summed E-state index contributed by atoms with van der Waals surface area (Å²) in [5, 5.41) is 5.32. The zero-order chi connectivity index (χ0) is 17.1. The van der Waals surface area contributed by atoms with E-state index in [4.69, 9.17) is 0 Å². The van der Waals surface area contributed by atoms with Gasteiger partial charge in [0.15, 0.2) is 17.5 Å². The molecular weight excluding hydrogens is 321 g/mol. The Balaban J connectivity index is 1.74. The molecule has 1 aromatic carbocycles. The Kier molecular flexibility index (Phi) is 4.64. The second kappa shape index (κ2) is 6.86. The SMILES string of the molecule is O=C(Nc1ccc(F)c(F)c1F)c1ccnc(NC2CCCC2)n1. The van der Waals surface area contributed by atoms with E-state index in [0.29, 0.717) is 5.95 Å². The van der Waals surface area contributed by atoms with Gasteiger partial charge in [0.05, 0.1) is 5.69 Å². The van der Waals surface area contributed by atoms with Gasteiger partial charge in [-0.1, -0.05) is 12.8 Å². The monoisotopic (exact) mass is 336 g/mol. The Morgan fingerprint density at radius 2 is 1.83 bits per heavy atom. The van der Waals surface area contributed by atoms with E-state index in [1.54, 1.807) is 0 Å². The summed E-state index contributed by atoms with van der Waals surface area (Å²) in [7, 11) is 0. The molecule has 3 rings (SSSR count). The van der Waals surface area contributed by atoms with Crippen LogP contribution in [0.25, 0.3) is 0 Å². The second-order valence-electron chi connectivity index (χ2n) is 5.57. The molecule has 1 amide bonds. The number of rotatable bonds is 4.